The van der Waals surface area contributed by atoms with Crippen LogP contribution in [-0.2, 0) is 9.84 Å². The van der Waals surface area contributed by atoms with Gasteiger partial charge in [-0.25, -0.2) is 8.42 Å². The van der Waals surface area contributed by atoms with E-state index in [1.807, 2.05) is 6.92 Å². The molecule has 1 amide bonds. The van der Waals surface area contributed by atoms with E-state index in [1.165, 1.54) is 12.1 Å². The summed E-state index contributed by atoms with van der Waals surface area (Å²) in [5.74, 6) is -0.469. The van der Waals surface area contributed by atoms with Crippen molar-refractivity contribution in [2.24, 2.45) is 0 Å². The van der Waals surface area contributed by atoms with Crippen LogP contribution in [0, 0.1) is 0 Å². The minimum atomic E-state index is -3.44. The predicted octanol–water partition coefficient (Wildman–Crippen LogP) is 1.37. The molecule has 0 aliphatic carbocycles. The SMILES string of the molecule is CCC(CCO)NC(=O)c1ccccc1S(=O)(=O)CC. The van der Waals surface area contributed by atoms with Crippen LogP contribution in [0.5, 0.6) is 0 Å². The molecule has 0 aliphatic heterocycles. The van der Waals surface area contributed by atoms with Gasteiger partial charge < -0.3 is 10.4 Å². The van der Waals surface area contributed by atoms with Crippen LogP contribution < -0.4 is 5.32 Å². The van der Waals surface area contributed by atoms with Crippen LogP contribution in [-0.4, -0.2) is 37.8 Å². The lowest BCUT2D eigenvalue weighted by atomic mass is 10.1. The Morgan fingerprint density at radius 2 is 1.95 bits per heavy atom. The van der Waals surface area contributed by atoms with E-state index in [2.05, 4.69) is 5.32 Å². The Hall–Kier alpha value is -1.40. The first-order valence-electron chi connectivity index (χ1n) is 6.69. The molecule has 0 saturated carbocycles. The van der Waals surface area contributed by atoms with Crippen molar-refractivity contribution in [3.05, 3.63) is 29.8 Å². The summed E-state index contributed by atoms with van der Waals surface area (Å²) >= 11 is 0. The van der Waals surface area contributed by atoms with Crippen LogP contribution >= 0.6 is 0 Å². The van der Waals surface area contributed by atoms with E-state index in [0.29, 0.717) is 12.8 Å². The fraction of sp³-hybridized carbons (Fsp3) is 0.500. The number of aliphatic hydroxyl groups excluding tert-OH is 1. The maximum atomic E-state index is 12.2. The van der Waals surface area contributed by atoms with Crippen LogP contribution in [0.15, 0.2) is 29.2 Å². The molecular weight excluding hydrogens is 278 g/mol. The molecule has 0 spiro atoms. The second-order valence-corrected chi connectivity index (χ2v) is 6.74. The lowest BCUT2D eigenvalue weighted by Crippen LogP contribution is -2.35. The molecule has 1 atom stereocenters. The standard InChI is InChI=1S/C14H21NO4S/c1-3-11(9-10-16)15-14(17)12-7-5-6-8-13(12)20(18,19)4-2/h5-8,11,16H,3-4,9-10H2,1-2H3,(H,15,17). The molecule has 0 radical (unpaired) electrons. The van der Waals surface area contributed by atoms with E-state index in [9.17, 15) is 13.2 Å². The fourth-order valence-corrected chi connectivity index (χ4v) is 2.97. The summed E-state index contributed by atoms with van der Waals surface area (Å²) in [7, 11) is -3.44. The molecular formula is C14H21NO4S. The molecule has 2 N–H and O–H groups in total. The van der Waals surface area contributed by atoms with E-state index in [4.69, 9.17) is 5.11 Å². The average molecular weight is 299 g/mol. The molecule has 0 heterocycles. The molecule has 5 nitrogen and oxygen atoms in total. The Morgan fingerprint density at radius 3 is 2.50 bits per heavy atom. The zero-order chi connectivity index (χ0) is 15.2. The van der Waals surface area contributed by atoms with Crippen LogP contribution in [0.1, 0.15) is 37.0 Å². The summed E-state index contributed by atoms with van der Waals surface area (Å²) in [6.45, 7) is 3.42. The van der Waals surface area contributed by atoms with E-state index < -0.39 is 15.7 Å². The fourth-order valence-electron chi connectivity index (χ4n) is 1.88. The van der Waals surface area contributed by atoms with E-state index in [-0.39, 0.29) is 28.9 Å². The number of benzene rings is 1. The Labute approximate surface area is 119 Å². The van der Waals surface area contributed by atoms with E-state index in [1.54, 1.807) is 19.1 Å². The van der Waals surface area contributed by atoms with Gasteiger partial charge in [-0.05, 0) is 25.0 Å². The highest BCUT2D eigenvalue weighted by Gasteiger charge is 2.21. The van der Waals surface area contributed by atoms with Crippen molar-refractivity contribution in [3.63, 3.8) is 0 Å². The number of carbonyl (C=O) groups is 1. The molecule has 6 heteroatoms. The van der Waals surface area contributed by atoms with Crippen LogP contribution in [0.3, 0.4) is 0 Å². The monoisotopic (exact) mass is 299 g/mol. The molecule has 20 heavy (non-hydrogen) atoms. The lowest BCUT2D eigenvalue weighted by Gasteiger charge is -2.17. The van der Waals surface area contributed by atoms with Gasteiger partial charge in [0.1, 0.15) is 0 Å². The van der Waals surface area contributed by atoms with Crippen molar-refractivity contribution in [1.29, 1.82) is 0 Å². The average Bonchev–Trinajstić information content (AvgIpc) is 2.46. The van der Waals surface area contributed by atoms with Gasteiger partial charge in [-0.15, -0.1) is 0 Å². The van der Waals surface area contributed by atoms with Crippen molar-refractivity contribution >= 4 is 15.7 Å². The highest BCUT2D eigenvalue weighted by atomic mass is 32.2. The Balaban J connectivity index is 3.05. The smallest absolute Gasteiger partial charge is 0.252 e. The third kappa shape index (κ3) is 4.05. The normalized spacial score (nSPS) is 12.9. The van der Waals surface area contributed by atoms with Gasteiger partial charge >= 0.3 is 0 Å². The largest absolute Gasteiger partial charge is 0.396 e. The molecule has 1 aromatic carbocycles. The minimum Gasteiger partial charge on any atom is -0.396 e. The third-order valence-corrected chi connectivity index (χ3v) is 4.94. The second-order valence-electron chi connectivity index (χ2n) is 4.49. The van der Waals surface area contributed by atoms with E-state index >= 15 is 0 Å². The number of nitrogens with one attached hydrogen (secondary N) is 1. The highest BCUT2D eigenvalue weighted by molar-refractivity contribution is 7.91. The van der Waals surface area contributed by atoms with Crippen LogP contribution in [0.2, 0.25) is 0 Å². The molecule has 1 rings (SSSR count). The number of rotatable bonds is 7. The Kier molecular flexibility index (Phi) is 6.16. The summed E-state index contributed by atoms with van der Waals surface area (Å²) in [4.78, 5) is 12.3. The molecule has 0 fully saturated rings. The van der Waals surface area contributed by atoms with Gasteiger partial charge in [-0.1, -0.05) is 26.0 Å². The summed E-state index contributed by atoms with van der Waals surface area (Å²) in [6.07, 6.45) is 1.12. The second kappa shape index (κ2) is 7.40. The van der Waals surface area contributed by atoms with E-state index in [0.717, 1.165) is 0 Å². The van der Waals surface area contributed by atoms with Gasteiger partial charge in [-0.2, -0.15) is 0 Å². The highest BCUT2D eigenvalue weighted by Crippen LogP contribution is 2.17. The van der Waals surface area contributed by atoms with Gasteiger partial charge in [0.05, 0.1) is 16.2 Å². The predicted molar refractivity (Wildman–Crippen MR) is 77.4 cm³/mol. The van der Waals surface area contributed by atoms with Crippen LogP contribution in [0.25, 0.3) is 0 Å². The van der Waals surface area contributed by atoms with Crippen LogP contribution in [0.4, 0.5) is 0 Å². The first-order valence-corrected chi connectivity index (χ1v) is 8.35. The number of hydrogen-bond acceptors (Lipinski definition) is 4. The quantitative estimate of drug-likeness (QED) is 0.796. The topological polar surface area (TPSA) is 83.5 Å². The van der Waals surface area contributed by atoms with Gasteiger partial charge in [0.2, 0.25) is 0 Å². The number of aliphatic hydroxyl groups is 1. The Bertz CT molecular complexity index is 554. The molecule has 0 aromatic heterocycles. The number of hydrogen-bond donors (Lipinski definition) is 2. The number of carbonyl (C=O) groups excluding carboxylic acids is 1. The van der Waals surface area contributed by atoms with Gasteiger partial charge in [0.25, 0.3) is 5.91 Å². The summed E-state index contributed by atoms with van der Waals surface area (Å²) in [6, 6.07) is 6.02. The zero-order valence-corrected chi connectivity index (χ0v) is 12.6. The molecule has 1 aromatic rings. The van der Waals surface area contributed by atoms with Gasteiger partial charge in [0.15, 0.2) is 9.84 Å². The van der Waals surface area contributed by atoms with Crippen molar-refractivity contribution in [2.75, 3.05) is 12.4 Å². The summed E-state index contributed by atoms with van der Waals surface area (Å²) in [5.41, 5.74) is 0.158. The number of sulfone groups is 1. The van der Waals surface area contributed by atoms with Crippen molar-refractivity contribution < 1.29 is 18.3 Å². The van der Waals surface area contributed by atoms with Crippen molar-refractivity contribution in [3.8, 4) is 0 Å². The molecule has 0 aliphatic rings. The van der Waals surface area contributed by atoms with Crippen molar-refractivity contribution in [1.82, 2.24) is 5.32 Å². The van der Waals surface area contributed by atoms with Crippen molar-refractivity contribution in [2.45, 2.75) is 37.6 Å². The molecule has 1 unspecified atom stereocenters. The van der Waals surface area contributed by atoms with Gasteiger partial charge in [-0.3, -0.25) is 4.79 Å². The van der Waals surface area contributed by atoms with Gasteiger partial charge in [0, 0.05) is 12.6 Å². The Morgan fingerprint density at radius 1 is 1.30 bits per heavy atom. The lowest BCUT2D eigenvalue weighted by molar-refractivity contribution is 0.0925. The maximum absolute atomic E-state index is 12.2. The molecule has 0 saturated heterocycles. The first-order chi connectivity index (χ1) is 9.46. The molecule has 112 valence electrons. The molecule has 0 bridgehead atoms. The first kappa shape index (κ1) is 16.7. The minimum absolute atomic E-state index is 0.0201. The summed E-state index contributed by atoms with van der Waals surface area (Å²) in [5, 5.41) is 11.7. The maximum Gasteiger partial charge on any atom is 0.252 e. The number of amides is 1. The zero-order valence-electron chi connectivity index (χ0n) is 11.8. The summed E-state index contributed by atoms with van der Waals surface area (Å²) < 4.78 is 24.0. The third-order valence-electron chi connectivity index (χ3n) is 3.15.